The predicted octanol–water partition coefficient (Wildman–Crippen LogP) is 3.92. The third-order valence-corrected chi connectivity index (χ3v) is 7.81. The second kappa shape index (κ2) is 10.9. The van der Waals surface area contributed by atoms with Crippen molar-refractivity contribution < 1.29 is 41.0 Å². The molecule has 3 aliphatic rings. The summed E-state index contributed by atoms with van der Waals surface area (Å²) in [6, 6.07) is -2.01. The molecule has 3 heterocycles. The number of anilines is 1. The summed E-state index contributed by atoms with van der Waals surface area (Å²) < 4.78 is 71.8. The first-order valence-electron chi connectivity index (χ1n) is 13.2. The zero-order valence-electron chi connectivity index (χ0n) is 21.9. The number of carbonyl (C=O) groups is 3. The Bertz CT molecular complexity index is 1310. The van der Waals surface area contributed by atoms with Crippen LogP contribution in [0.5, 0.6) is 0 Å². The van der Waals surface area contributed by atoms with Gasteiger partial charge in [0.25, 0.3) is 5.91 Å². The van der Waals surface area contributed by atoms with Crippen LogP contribution in [0.2, 0.25) is 0 Å². The molecule has 0 bridgehead atoms. The Morgan fingerprint density at radius 2 is 1.88 bits per heavy atom. The fourth-order valence-electron chi connectivity index (χ4n) is 5.22. The van der Waals surface area contributed by atoms with Gasteiger partial charge in [0.2, 0.25) is 11.8 Å². The number of amides is 4. The van der Waals surface area contributed by atoms with Gasteiger partial charge in [-0.3, -0.25) is 9.59 Å². The Hall–Kier alpha value is -3.85. The number of aromatic nitrogens is 3. The SMILES string of the molecule is CC(c1ccnc(NC(=O)[C@@H](NC(=O)c2nonc2C2CC2)C2CCC(F)(F)CC2)c1)N1C[C@@H](C(F)(F)F)NC1=O. The van der Waals surface area contributed by atoms with Crippen LogP contribution >= 0.6 is 0 Å². The van der Waals surface area contributed by atoms with Gasteiger partial charge in [-0.25, -0.2) is 23.2 Å². The van der Waals surface area contributed by atoms with Gasteiger partial charge in [-0.15, -0.1) is 0 Å². The van der Waals surface area contributed by atoms with Crippen LogP contribution in [0, 0.1) is 5.92 Å². The Balaban J connectivity index is 1.31. The van der Waals surface area contributed by atoms with E-state index in [0.717, 1.165) is 17.7 Å². The maximum atomic E-state index is 13.9. The highest BCUT2D eigenvalue weighted by Crippen LogP contribution is 2.41. The number of nitrogens with one attached hydrogen (secondary N) is 3. The molecule has 2 aromatic rings. The van der Waals surface area contributed by atoms with Gasteiger partial charge in [0.1, 0.15) is 23.6 Å². The summed E-state index contributed by atoms with van der Waals surface area (Å²) >= 11 is 0. The topological polar surface area (TPSA) is 142 Å². The van der Waals surface area contributed by atoms with Crippen molar-refractivity contribution in [3.05, 3.63) is 35.3 Å². The summed E-state index contributed by atoms with van der Waals surface area (Å²) in [5.41, 5.74) is 0.703. The lowest BCUT2D eigenvalue weighted by Crippen LogP contribution is -2.50. The van der Waals surface area contributed by atoms with Crippen LogP contribution in [-0.2, 0) is 4.79 Å². The number of nitrogens with zero attached hydrogens (tertiary/aromatic N) is 4. The van der Waals surface area contributed by atoms with Gasteiger partial charge in [-0.2, -0.15) is 13.2 Å². The van der Waals surface area contributed by atoms with Crippen LogP contribution in [0.1, 0.15) is 79.2 Å². The lowest BCUT2D eigenvalue weighted by Gasteiger charge is -2.33. The van der Waals surface area contributed by atoms with Gasteiger partial charge in [0, 0.05) is 25.0 Å². The molecule has 1 aliphatic heterocycles. The third-order valence-electron chi connectivity index (χ3n) is 7.81. The molecule has 0 aromatic carbocycles. The van der Waals surface area contributed by atoms with E-state index in [1.807, 2.05) is 5.32 Å². The summed E-state index contributed by atoms with van der Waals surface area (Å²) in [4.78, 5) is 43.8. The van der Waals surface area contributed by atoms with E-state index < -0.39 is 73.4 Å². The van der Waals surface area contributed by atoms with Gasteiger partial charge in [0.05, 0.1) is 12.6 Å². The van der Waals surface area contributed by atoms with Crippen molar-refractivity contribution in [3.63, 3.8) is 0 Å². The molecular weight excluding hydrogens is 557 g/mol. The normalized spacial score (nSPS) is 22.6. The van der Waals surface area contributed by atoms with Gasteiger partial charge in [-0.05, 0) is 61.4 Å². The second-order valence-corrected chi connectivity index (χ2v) is 10.8. The van der Waals surface area contributed by atoms with Crippen molar-refractivity contribution in [2.24, 2.45) is 5.92 Å². The van der Waals surface area contributed by atoms with Gasteiger partial charge in [0.15, 0.2) is 5.69 Å². The van der Waals surface area contributed by atoms with E-state index >= 15 is 0 Å². The second-order valence-electron chi connectivity index (χ2n) is 10.8. The molecule has 5 rings (SSSR count). The molecule has 2 saturated carbocycles. The maximum Gasteiger partial charge on any atom is 0.410 e. The zero-order valence-corrected chi connectivity index (χ0v) is 21.9. The smallest absolute Gasteiger partial charge is 0.338 e. The van der Waals surface area contributed by atoms with E-state index in [2.05, 4.69) is 25.9 Å². The number of rotatable bonds is 8. The van der Waals surface area contributed by atoms with E-state index in [0.29, 0.717) is 11.3 Å². The van der Waals surface area contributed by atoms with Crippen LogP contribution < -0.4 is 16.0 Å². The van der Waals surface area contributed by atoms with Gasteiger partial charge in [-0.1, -0.05) is 5.16 Å². The maximum absolute atomic E-state index is 13.9. The molecule has 0 radical (unpaired) electrons. The molecule has 3 atom stereocenters. The fourth-order valence-corrected chi connectivity index (χ4v) is 5.22. The number of alkyl halides is 5. The van der Waals surface area contributed by atoms with Crippen LogP contribution in [-0.4, -0.2) is 68.8 Å². The first kappa shape index (κ1) is 28.7. The minimum Gasteiger partial charge on any atom is -0.338 e. The number of hydrogen-bond donors (Lipinski definition) is 3. The Morgan fingerprint density at radius 3 is 2.51 bits per heavy atom. The van der Waals surface area contributed by atoms with Crippen molar-refractivity contribution in [1.29, 1.82) is 0 Å². The first-order valence-corrected chi connectivity index (χ1v) is 13.2. The summed E-state index contributed by atoms with van der Waals surface area (Å²) in [6.45, 7) is 0.946. The summed E-state index contributed by atoms with van der Waals surface area (Å²) in [6.07, 6.45) is -2.60. The van der Waals surface area contributed by atoms with E-state index in [1.54, 1.807) is 0 Å². The molecule has 1 saturated heterocycles. The fraction of sp³-hybridized carbons (Fsp3) is 0.600. The number of halogens is 5. The van der Waals surface area contributed by atoms with Gasteiger partial charge >= 0.3 is 12.2 Å². The highest BCUT2D eigenvalue weighted by Gasteiger charge is 2.48. The highest BCUT2D eigenvalue weighted by molar-refractivity contribution is 6.00. The Morgan fingerprint density at radius 1 is 1.17 bits per heavy atom. The highest BCUT2D eigenvalue weighted by atomic mass is 19.4. The summed E-state index contributed by atoms with van der Waals surface area (Å²) in [7, 11) is 0. The van der Waals surface area contributed by atoms with Crippen molar-refractivity contribution in [2.75, 3.05) is 11.9 Å². The van der Waals surface area contributed by atoms with Crippen molar-refractivity contribution in [3.8, 4) is 0 Å². The quantitative estimate of drug-likeness (QED) is 0.399. The lowest BCUT2D eigenvalue weighted by atomic mass is 9.81. The molecule has 41 heavy (non-hydrogen) atoms. The molecule has 2 aliphatic carbocycles. The van der Waals surface area contributed by atoms with Crippen molar-refractivity contribution in [1.82, 2.24) is 30.8 Å². The predicted molar refractivity (Wildman–Crippen MR) is 131 cm³/mol. The Kier molecular flexibility index (Phi) is 7.59. The zero-order chi connectivity index (χ0) is 29.5. The molecule has 4 amide bonds. The van der Waals surface area contributed by atoms with Crippen LogP contribution in [0.25, 0.3) is 0 Å². The third kappa shape index (κ3) is 6.40. The van der Waals surface area contributed by atoms with E-state index in [-0.39, 0.29) is 30.3 Å². The van der Waals surface area contributed by atoms with Crippen LogP contribution in [0.15, 0.2) is 23.0 Å². The molecule has 222 valence electrons. The minimum atomic E-state index is -4.61. The van der Waals surface area contributed by atoms with Crippen molar-refractivity contribution in [2.45, 2.75) is 81.6 Å². The number of pyridine rings is 1. The Labute approximate surface area is 230 Å². The average molecular weight is 586 g/mol. The monoisotopic (exact) mass is 585 g/mol. The molecule has 11 nitrogen and oxygen atoms in total. The van der Waals surface area contributed by atoms with Crippen molar-refractivity contribution >= 4 is 23.7 Å². The molecular formula is C25H28F5N7O4. The average Bonchev–Trinajstić information content (AvgIpc) is 3.49. The summed E-state index contributed by atoms with van der Waals surface area (Å²) in [5.74, 6) is -4.88. The number of urea groups is 1. The number of hydrogen-bond acceptors (Lipinski definition) is 7. The molecule has 0 spiro atoms. The minimum absolute atomic E-state index is 0.00786. The van der Waals surface area contributed by atoms with E-state index in [1.165, 1.54) is 25.3 Å². The molecule has 2 aromatic heterocycles. The molecule has 1 unspecified atom stereocenters. The molecule has 3 fully saturated rings. The van der Waals surface area contributed by atoms with Gasteiger partial charge < -0.3 is 20.9 Å². The van der Waals surface area contributed by atoms with E-state index in [9.17, 15) is 36.3 Å². The van der Waals surface area contributed by atoms with E-state index in [4.69, 9.17) is 4.63 Å². The molecule has 16 heteroatoms. The lowest BCUT2D eigenvalue weighted by molar-refractivity contribution is -0.150. The number of carbonyl (C=O) groups excluding carboxylic acids is 3. The largest absolute Gasteiger partial charge is 0.410 e. The first-order chi connectivity index (χ1) is 19.3. The standard InChI is InChI=1S/C25H28F5N7O4/c1-12(37-11-16(25(28,29)30)32-23(37)40)15-6-9-31-17(10-15)33-21(38)19(14-4-7-24(26,27)8-5-14)34-22(39)20-18(13-2-3-13)35-41-36-20/h6,9-10,12-14,16,19H,2-5,7-8,11H2,1H3,(H,32,40)(H,34,39)(H,31,33,38)/t12?,16-,19-/m0/s1. The van der Waals surface area contributed by atoms with Crippen LogP contribution in [0.4, 0.5) is 32.6 Å². The summed E-state index contributed by atoms with van der Waals surface area (Å²) in [5, 5.41) is 14.6. The molecule has 3 N–H and O–H groups in total. The van der Waals surface area contributed by atoms with Crippen LogP contribution in [0.3, 0.4) is 0 Å².